The molecular weight excluding hydrogens is 993 g/mol. The quantitative estimate of drug-likeness (QED) is 0.0725. The number of aliphatic hydroxyl groups excluding tert-OH is 13. The summed E-state index contributed by atoms with van der Waals surface area (Å²) in [7, 11) is 1.72. The van der Waals surface area contributed by atoms with E-state index in [1.165, 1.54) is 6.92 Å². The fourth-order valence-electron chi connectivity index (χ4n) is 15.9. The Labute approximate surface area is 438 Å². The first kappa shape index (κ1) is 58.7. The molecular formula is C52H88O23. The molecule has 13 N–H and O–H groups in total. The Morgan fingerprint density at radius 3 is 1.77 bits per heavy atom. The summed E-state index contributed by atoms with van der Waals surface area (Å²) >= 11 is 0. The molecule has 32 unspecified atom stereocenters. The van der Waals surface area contributed by atoms with Crippen molar-refractivity contribution in [1.29, 1.82) is 0 Å². The molecule has 23 nitrogen and oxygen atoms in total. The Bertz CT molecular complexity index is 1870. The molecule has 23 heteroatoms. The van der Waals surface area contributed by atoms with Crippen LogP contribution in [0.15, 0.2) is 0 Å². The third-order valence-electron chi connectivity index (χ3n) is 20.4. The Hall–Kier alpha value is -0.920. The summed E-state index contributed by atoms with van der Waals surface area (Å²) < 4.78 is 61.4. The van der Waals surface area contributed by atoms with Crippen LogP contribution >= 0.6 is 0 Å². The van der Waals surface area contributed by atoms with Gasteiger partial charge < -0.3 is 114 Å². The van der Waals surface area contributed by atoms with Crippen molar-refractivity contribution in [3.63, 3.8) is 0 Å². The largest absolute Gasteiger partial charge is 0.394 e. The summed E-state index contributed by atoms with van der Waals surface area (Å²) in [4.78, 5) is 0. The lowest BCUT2D eigenvalue weighted by Gasteiger charge is -2.61. The second-order valence-electron chi connectivity index (χ2n) is 24.4. The average molecular weight is 1080 g/mol. The van der Waals surface area contributed by atoms with Gasteiger partial charge in [-0.15, -0.1) is 0 Å². The normalized spacial score (nSPS) is 55.4. The molecule has 0 amide bonds. The van der Waals surface area contributed by atoms with E-state index in [-0.39, 0.29) is 41.3 Å². The molecule has 434 valence electrons. The first-order valence-corrected chi connectivity index (χ1v) is 27.6. The molecule has 0 spiro atoms. The molecule has 0 aromatic carbocycles. The molecule has 9 rings (SSSR count). The highest BCUT2D eigenvalue weighted by molar-refractivity contribution is 5.15. The third-order valence-corrected chi connectivity index (χ3v) is 20.4. The first-order chi connectivity index (χ1) is 35.6. The van der Waals surface area contributed by atoms with Crippen molar-refractivity contribution in [2.24, 2.45) is 52.3 Å². The molecule has 9 aliphatic rings. The van der Waals surface area contributed by atoms with E-state index < -0.39 is 155 Å². The zero-order valence-electron chi connectivity index (χ0n) is 44.0. The molecule has 9 fully saturated rings. The van der Waals surface area contributed by atoms with Crippen LogP contribution in [0.1, 0.15) is 98.8 Å². The van der Waals surface area contributed by atoms with Crippen LogP contribution in [0.25, 0.3) is 0 Å². The van der Waals surface area contributed by atoms with Crippen LogP contribution < -0.4 is 0 Å². The lowest BCUT2D eigenvalue weighted by atomic mass is 9.44. The van der Waals surface area contributed by atoms with E-state index in [2.05, 4.69) is 20.8 Å². The summed E-state index contributed by atoms with van der Waals surface area (Å²) in [6.07, 6.45) is -21.8. The average Bonchev–Trinajstić information content (AvgIpc) is 3.86. The van der Waals surface area contributed by atoms with E-state index in [4.69, 9.17) is 47.4 Å². The molecule has 4 aliphatic carbocycles. The smallest absolute Gasteiger partial charge is 0.187 e. The molecule has 5 saturated heterocycles. The predicted octanol–water partition coefficient (Wildman–Crippen LogP) is -2.27. The van der Waals surface area contributed by atoms with Gasteiger partial charge in [-0.25, -0.2) is 0 Å². The first-order valence-electron chi connectivity index (χ1n) is 27.6. The van der Waals surface area contributed by atoms with E-state index in [1.807, 2.05) is 6.92 Å². The van der Waals surface area contributed by atoms with E-state index >= 15 is 0 Å². The minimum Gasteiger partial charge on any atom is -0.394 e. The fourth-order valence-corrected chi connectivity index (χ4v) is 15.9. The molecule has 0 aromatic rings. The predicted molar refractivity (Wildman–Crippen MR) is 255 cm³/mol. The molecule has 0 bridgehead atoms. The maximum absolute atomic E-state index is 12.1. The second kappa shape index (κ2) is 23.1. The van der Waals surface area contributed by atoms with Crippen molar-refractivity contribution in [2.75, 3.05) is 33.5 Å². The second-order valence-corrected chi connectivity index (χ2v) is 24.4. The minimum atomic E-state index is -1.84. The summed E-state index contributed by atoms with van der Waals surface area (Å²) in [5.74, 6) is 1.31. The highest BCUT2D eigenvalue weighted by atomic mass is 16.8. The lowest BCUT2D eigenvalue weighted by molar-refractivity contribution is -0.391. The fraction of sp³-hybridized carbons (Fsp3) is 1.00. The molecule has 32 atom stereocenters. The molecule has 4 saturated carbocycles. The van der Waals surface area contributed by atoms with Gasteiger partial charge in [-0.1, -0.05) is 27.7 Å². The third kappa shape index (κ3) is 10.5. The van der Waals surface area contributed by atoms with Gasteiger partial charge in [0.15, 0.2) is 30.9 Å². The van der Waals surface area contributed by atoms with Crippen molar-refractivity contribution in [2.45, 2.75) is 240 Å². The van der Waals surface area contributed by atoms with E-state index in [9.17, 15) is 66.4 Å². The maximum Gasteiger partial charge on any atom is 0.187 e. The van der Waals surface area contributed by atoms with Gasteiger partial charge in [0.05, 0.1) is 44.7 Å². The monoisotopic (exact) mass is 1080 g/mol. The van der Waals surface area contributed by atoms with E-state index in [1.54, 1.807) is 7.11 Å². The van der Waals surface area contributed by atoms with Gasteiger partial charge >= 0.3 is 0 Å². The van der Waals surface area contributed by atoms with Crippen molar-refractivity contribution in [3.8, 4) is 0 Å². The number of ether oxygens (including phenoxy) is 10. The van der Waals surface area contributed by atoms with Gasteiger partial charge in [0.1, 0.15) is 91.6 Å². The maximum atomic E-state index is 12.1. The van der Waals surface area contributed by atoms with Gasteiger partial charge in [0, 0.05) is 19.4 Å². The highest BCUT2D eigenvalue weighted by Gasteiger charge is 2.69. The Morgan fingerprint density at radius 1 is 0.560 bits per heavy atom. The molecule has 5 aliphatic heterocycles. The number of methoxy groups -OCH3 is 1. The van der Waals surface area contributed by atoms with Gasteiger partial charge in [-0.3, -0.25) is 0 Å². The number of hydrogen-bond donors (Lipinski definition) is 13. The van der Waals surface area contributed by atoms with Crippen LogP contribution in [0.2, 0.25) is 0 Å². The zero-order valence-corrected chi connectivity index (χ0v) is 44.0. The van der Waals surface area contributed by atoms with Gasteiger partial charge in [-0.2, -0.15) is 0 Å². The van der Waals surface area contributed by atoms with Gasteiger partial charge in [0.2, 0.25) is 0 Å². The Morgan fingerprint density at radius 2 is 1.13 bits per heavy atom. The van der Waals surface area contributed by atoms with E-state index in [0.717, 1.165) is 38.5 Å². The van der Waals surface area contributed by atoms with Gasteiger partial charge in [-0.05, 0) is 111 Å². The van der Waals surface area contributed by atoms with Crippen LogP contribution in [-0.2, 0) is 47.4 Å². The van der Waals surface area contributed by atoms with Gasteiger partial charge in [0.25, 0.3) is 0 Å². The van der Waals surface area contributed by atoms with Crippen LogP contribution in [0.3, 0.4) is 0 Å². The van der Waals surface area contributed by atoms with Crippen LogP contribution in [0, 0.1) is 52.3 Å². The zero-order chi connectivity index (χ0) is 54.2. The van der Waals surface area contributed by atoms with Crippen LogP contribution in [0.5, 0.6) is 0 Å². The van der Waals surface area contributed by atoms with Crippen LogP contribution in [-0.4, -0.2) is 241 Å². The van der Waals surface area contributed by atoms with Crippen LogP contribution in [0.4, 0.5) is 0 Å². The standard InChI is InChI=1S/C52H88O23/c1-21(20-67-46-40(62)38(60)35(57)30(17-53)70-46)9-14-52(66-6)22(2)33-29(75-52)16-28-26-8-7-24-15-25(10-12-50(24,4)27(26)11-13-51(28,33)5)69-49-45(74-48-42(64)39(61)36(58)31(18-54)71-48)43(65)44(32(19-55)72-49)73-47-41(63)37(59)34(56)23(3)68-47/h21-49,53-65H,7-20H2,1-6H3. The number of hydrogen-bond acceptors (Lipinski definition) is 23. The minimum absolute atomic E-state index is 0.000229. The summed E-state index contributed by atoms with van der Waals surface area (Å²) in [6.45, 7) is 8.89. The topological polar surface area (TPSA) is 355 Å². The SMILES string of the molecule is COC1(CCC(C)COC2OC(CO)C(O)C(O)C2O)OC2CC3C4CCC5CC(OC6OC(CO)C(OC7OC(C)C(O)C(O)C7O)C(O)C6OC6OC(CO)C(O)C(O)C6O)CCC5(C)C4CCC3(C)C2C1C. The lowest BCUT2D eigenvalue weighted by Crippen LogP contribution is -2.67. The molecule has 75 heavy (non-hydrogen) atoms. The number of rotatable bonds is 16. The van der Waals surface area contributed by atoms with Crippen molar-refractivity contribution < 1.29 is 114 Å². The summed E-state index contributed by atoms with van der Waals surface area (Å²) in [6, 6.07) is 0. The van der Waals surface area contributed by atoms with Crippen molar-refractivity contribution in [1.82, 2.24) is 0 Å². The number of aliphatic hydroxyl groups is 13. The van der Waals surface area contributed by atoms with Crippen molar-refractivity contribution in [3.05, 3.63) is 0 Å². The summed E-state index contributed by atoms with van der Waals surface area (Å²) in [5, 5.41) is 137. The highest BCUT2D eigenvalue weighted by Crippen LogP contribution is 2.71. The van der Waals surface area contributed by atoms with E-state index in [0.29, 0.717) is 49.4 Å². The van der Waals surface area contributed by atoms with Crippen molar-refractivity contribution >= 4 is 0 Å². The Kier molecular flexibility index (Phi) is 18.1. The Balaban J connectivity index is 0.842. The molecule has 0 aromatic heterocycles. The molecule has 5 heterocycles. The summed E-state index contributed by atoms with van der Waals surface area (Å²) in [5.41, 5.74) is 0.0353. The molecule has 0 radical (unpaired) electrons. The number of fused-ring (bicyclic) bond motifs is 7.